The quantitative estimate of drug-likeness (QED) is 0.644. The number of Topliss-reactive ketones (excluding diaryl/α,β-unsaturated/α-hetero) is 1. The summed E-state index contributed by atoms with van der Waals surface area (Å²) < 4.78 is 0. The third-order valence-corrected chi connectivity index (χ3v) is 3.11. The van der Waals surface area contributed by atoms with E-state index < -0.39 is 0 Å². The number of carbonyl (C=O) groups is 1. The lowest BCUT2D eigenvalue weighted by molar-refractivity contribution is -0.118. The standard InChI is InChI=1S/C13H17NO/c1-9-6-10(2)12-8-11(15)4-5-14(3)13(12)7-9/h6-7H,4-5,8H2,1-3H3. The molecule has 80 valence electrons. The van der Waals surface area contributed by atoms with Crippen LogP contribution in [-0.4, -0.2) is 19.4 Å². The lowest BCUT2D eigenvalue weighted by atomic mass is 9.99. The number of rotatable bonds is 0. The fourth-order valence-electron chi connectivity index (χ4n) is 2.24. The zero-order valence-corrected chi connectivity index (χ0v) is 9.63. The van der Waals surface area contributed by atoms with Crippen molar-refractivity contribution in [2.75, 3.05) is 18.5 Å². The van der Waals surface area contributed by atoms with Gasteiger partial charge in [-0.25, -0.2) is 0 Å². The van der Waals surface area contributed by atoms with Crippen LogP contribution in [0.3, 0.4) is 0 Å². The van der Waals surface area contributed by atoms with Crippen LogP contribution < -0.4 is 4.90 Å². The van der Waals surface area contributed by atoms with Crippen LogP contribution in [0.15, 0.2) is 12.1 Å². The van der Waals surface area contributed by atoms with E-state index in [4.69, 9.17) is 0 Å². The summed E-state index contributed by atoms with van der Waals surface area (Å²) in [6.07, 6.45) is 1.27. The lowest BCUT2D eigenvalue weighted by Crippen LogP contribution is -2.18. The molecule has 0 aromatic heterocycles. The van der Waals surface area contributed by atoms with Crippen LogP contribution in [0.4, 0.5) is 5.69 Å². The Bertz CT molecular complexity index is 409. The number of carbonyl (C=O) groups excluding carboxylic acids is 1. The van der Waals surface area contributed by atoms with Crippen molar-refractivity contribution in [1.82, 2.24) is 0 Å². The minimum atomic E-state index is 0.354. The Balaban J connectivity index is 2.56. The first-order valence-corrected chi connectivity index (χ1v) is 5.41. The van der Waals surface area contributed by atoms with Crippen LogP contribution in [0.5, 0.6) is 0 Å². The Morgan fingerprint density at radius 2 is 2.00 bits per heavy atom. The van der Waals surface area contributed by atoms with Crippen molar-refractivity contribution in [3.05, 3.63) is 28.8 Å². The molecular formula is C13H17NO. The van der Waals surface area contributed by atoms with E-state index in [2.05, 4.69) is 37.9 Å². The maximum Gasteiger partial charge on any atom is 0.139 e. The SMILES string of the molecule is Cc1cc(C)c2c(c1)N(C)CCC(=O)C2. The Kier molecular flexibility index (Phi) is 2.51. The van der Waals surface area contributed by atoms with Crippen molar-refractivity contribution in [1.29, 1.82) is 0 Å². The molecule has 2 heteroatoms. The van der Waals surface area contributed by atoms with Crippen molar-refractivity contribution < 1.29 is 4.79 Å². The molecular weight excluding hydrogens is 186 g/mol. The molecule has 0 aliphatic carbocycles. The van der Waals surface area contributed by atoms with Crippen LogP contribution in [0.2, 0.25) is 0 Å². The fraction of sp³-hybridized carbons (Fsp3) is 0.462. The van der Waals surface area contributed by atoms with Gasteiger partial charge in [0.1, 0.15) is 5.78 Å². The smallest absolute Gasteiger partial charge is 0.139 e. The van der Waals surface area contributed by atoms with Crippen LogP contribution in [-0.2, 0) is 11.2 Å². The van der Waals surface area contributed by atoms with Gasteiger partial charge < -0.3 is 4.90 Å². The second-order valence-corrected chi connectivity index (χ2v) is 4.47. The predicted octanol–water partition coefficient (Wildman–Crippen LogP) is 2.25. The van der Waals surface area contributed by atoms with E-state index in [1.54, 1.807) is 0 Å². The molecule has 0 fully saturated rings. The number of hydrogen-bond donors (Lipinski definition) is 0. The minimum Gasteiger partial charge on any atom is -0.374 e. The third kappa shape index (κ3) is 1.89. The molecule has 0 bridgehead atoms. The van der Waals surface area contributed by atoms with Crippen molar-refractivity contribution >= 4 is 11.5 Å². The molecule has 0 radical (unpaired) electrons. The summed E-state index contributed by atoms with van der Waals surface area (Å²) in [5, 5.41) is 0. The number of fused-ring (bicyclic) bond motifs is 1. The van der Waals surface area contributed by atoms with Gasteiger partial charge in [-0.1, -0.05) is 6.07 Å². The van der Waals surface area contributed by atoms with E-state index in [-0.39, 0.29) is 0 Å². The maximum absolute atomic E-state index is 11.6. The highest BCUT2D eigenvalue weighted by atomic mass is 16.1. The molecule has 2 rings (SSSR count). The second-order valence-electron chi connectivity index (χ2n) is 4.47. The summed E-state index contributed by atoms with van der Waals surface area (Å²) in [5.41, 5.74) is 4.96. The van der Waals surface area contributed by atoms with Gasteiger partial charge in [-0.15, -0.1) is 0 Å². The van der Waals surface area contributed by atoms with E-state index in [0.717, 1.165) is 6.54 Å². The highest BCUT2D eigenvalue weighted by Crippen LogP contribution is 2.28. The van der Waals surface area contributed by atoms with E-state index in [0.29, 0.717) is 18.6 Å². The number of hydrogen-bond acceptors (Lipinski definition) is 2. The zero-order chi connectivity index (χ0) is 11.0. The van der Waals surface area contributed by atoms with Gasteiger partial charge >= 0.3 is 0 Å². The normalized spacial score (nSPS) is 16.2. The van der Waals surface area contributed by atoms with E-state index in [1.807, 2.05) is 0 Å². The summed E-state index contributed by atoms with van der Waals surface area (Å²) in [7, 11) is 2.07. The van der Waals surface area contributed by atoms with E-state index in [1.165, 1.54) is 22.4 Å². The molecule has 0 saturated heterocycles. The van der Waals surface area contributed by atoms with Gasteiger partial charge in [0.2, 0.25) is 0 Å². The van der Waals surface area contributed by atoms with E-state index in [9.17, 15) is 4.79 Å². The Morgan fingerprint density at radius 3 is 2.73 bits per heavy atom. The van der Waals surface area contributed by atoms with Gasteiger partial charge in [0.15, 0.2) is 0 Å². The Hall–Kier alpha value is -1.31. The van der Waals surface area contributed by atoms with Crippen LogP contribution in [0.25, 0.3) is 0 Å². The van der Waals surface area contributed by atoms with Crippen molar-refractivity contribution in [3.8, 4) is 0 Å². The zero-order valence-electron chi connectivity index (χ0n) is 9.63. The highest BCUT2D eigenvalue weighted by Gasteiger charge is 2.18. The molecule has 1 aromatic rings. The molecule has 0 spiro atoms. The number of anilines is 1. The van der Waals surface area contributed by atoms with Gasteiger partial charge in [0.05, 0.1) is 0 Å². The molecule has 1 aliphatic heterocycles. The van der Waals surface area contributed by atoms with Gasteiger partial charge in [-0.2, -0.15) is 0 Å². The largest absolute Gasteiger partial charge is 0.374 e. The molecule has 0 unspecified atom stereocenters. The van der Waals surface area contributed by atoms with Crippen LogP contribution in [0.1, 0.15) is 23.1 Å². The predicted molar refractivity (Wildman–Crippen MR) is 62.5 cm³/mol. The topological polar surface area (TPSA) is 20.3 Å². The number of nitrogens with zero attached hydrogens (tertiary/aromatic N) is 1. The first-order valence-electron chi connectivity index (χ1n) is 5.41. The van der Waals surface area contributed by atoms with Gasteiger partial charge in [-0.05, 0) is 36.6 Å². The van der Waals surface area contributed by atoms with Crippen LogP contribution in [0, 0.1) is 13.8 Å². The molecule has 0 amide bonds. The average molecular weight is 203 g/mol. The molecule has 1 heterocycles. The molecule has 15 heavy (non-hydrogen) atoms. The fourth-order valence-corrected chi connectivity index (χ4v) is 2.24. The summed E-state index contributed by atoms with van der Waals surface area (Å²) in [5.74, 6) is 0.354. The first-order chi connectivity index (χ1) is 7.08. The summed E-state index contributed by atoms with van der Waals surface area (Å²) in [4.78, 5) is 13.8. The van der Waals surface area contributed by atoms with Gasteiger partial charge in [-0.3, -0.25) is 4.79 Å². The van der Waals surface area contributed by atoms with Crippen molar-refractivity contribution in [2.45, 2.75) is 26.7 Å². The first kappa shape index (κ1) is 10.2. The Morgan fingerprint density at radius 1 is 1.27 bits per heavy atom. The second kappa shape index (κ2) is 3.69. The summed E-state index contributed by atoms with van der Waals surface area (Å²) >= 11 is 0. The Labute approximate surface area is 90.9 Å². The highest BCUT2D eigenvalue weighted by molar-refractivity contribution is 5.85. The molecule has 2 nitrogen and oxygen atoms in total. The molecule has 0 atom stereocenters. The minimum absolute atomic E-state index is 0.354. The van der Waals surface area contributed by atoms with Crippen LogP contribution >= 0.6 is 0 Å². The van der Waals surface area contributed by atoms with E-state index >= 15 is 0 Å². The summed E-state index contributed by atoms with van der Waals surface area (Å²) in [6, 6.07) is 4.34. The van der Waals surface area contributed by atoms with Crippen molar-refractivity contribution in [2.24, 2.45) is 0 Å². The third-order valence-electron chi connectivity index (χ3n) is 3.11. The lowest BCUT2D eigenvalue weighted by Gasteiger charge is -2.20. The molecule has 0 saturated carbocycles. The number of aryl methyl sites for hydroxylation is 2. The molecule has 1 aromatic carbocycles. The van der Waals surface area contributed by atoms with Gasteiger partial charge in [0, 0.05) is 32.1 Å². The van der Waals surface area contributed by atoms with Crippen molar-refractivity contribution in [3.63, 3.8) is 0 Å². The monoisotopic (exact) mass is 203 g/mol. The molecule has 0 N–H and O–H groups in total. The number of ketones is 1. The number of benzene rings is 1. The molecule has 1 aliphatic rings. The maximum atomic E-state index is 11.6. The average Bonchev–Trinajstić information content (AvgIpc) is 2.30. The van der Waals surface area contributed by atoms with Gasteiger partial charge in [0.25, 0.3) is 0 Å². The summed E-state index contributed by atoms with van der Waals surface area (Å²) in [6.45, 7) is 5.04.